The lowest BCUT2D eigenvalue weighted by Crippen LogP contribution is -1.89. The molecule has 0 spiro atoms. The van der Waals surface area contributed by atoms with Gasteiger partial charge in [0.15, 0.2) is 0 Å². The Hall–Kier alpha value is 0.177. The van der Waals surface area contributed by atoms with E-state index in [1.807, 2.05) is 0 Å². The number of methoxy groups -OCH3 is 1. The molecule has 0 radical (unpaired) electrons. The molecule has 0 aromatic heterocycles. The molecule has 2 heteroatoms. The van der Waals surface area contributed by atoms with Gasteiger partial charge in [-0.3, -0.25) is 0 Å². The highest BCUT2D eigenvalue weighted by Gasteiger charge is 1.75. The Morgan fingerprint density at radius 1 is 1.67 bits per heavy atom. The fourth-order valence-corrected chi connectivity index (χ4v) is 0.866. The summed E-state index contributed by atoms with van der Waals surface area (Å²) < 4.78 is 4.82. The molecule has 0 aliphatic carbocycles. The first kappa shape index (κ1) is 6.18. The normalized spacial score (nSPS) is 11.0. The Balaban J connectivity index is 2.34. The minimum Gasteiger partial charge on any atom is -0.385 e. The molecule has 0 aliphatic heterocycles. The maximum Gasteiger partial charge on any atom is 0.0433 e. The molecule has 0 saturated heterocycles. The van der Waals surface area contributed by atoms with Crippen molar-refractivity contribution in [1.29, 1.82) is 0 Å². The van der Waals surface area contributed by atoms with Gasteiger partial charge in [-0.15, -0.1) is 0 Å². The minimum atomic E-state index is 0.278. The van der Waals surface area contributed by atoms with Gasteiger partial charge in [-0.1, -0.05) is 6.55 Å². The predicted octanol–water partition coefficient (Wildman–Crippen LogP) is 0.268. The van der Waals surface area contributed by atoms with Gasteiger partial charge in [0.05, 0.1) is 0 Å². The average molecular weight is 104 g/mol. The van der Waals surface area contributed by atoms with Gasteiger partial charge in [0, 0.05) is 23.2 Å². The molecular formula is C4H12OSi. The average Bonchev–Trinajstić information content (AvgIpc) is 1.61. The van der Waals surface area contributed by atoms with Gasteiger partial charge < -0.3 is 4.74 Å². The Bertz CT molecular complexity index is 19.5. The van der Waals surface area contributed by atoms with Crippen molar-refractivity contribution in [2.75, 3.05) is 13.7 Å². The van der Waals surface area contributed by atoms with E-state index < -0.39 is 0 Å². The molecular weight excluding hydrogens is 92.1 g/mol. The van der Waals surface area contributed by atoms with Crippen molar-refractivity contribution >= 4 is 9.52 Å². The summed E-state index contributed by atoms with van der Waals surface area (Å²) in [6.45, 7) is 3.27. The lowest BCUT2D eigenvalue weighted by atomic mass is 10.9. The number of hydrogen-bond acceptors (Lipinski definition) is 1. The standard InChI is InChI=1S/C4H12OSi/c1-5-3-4-6-2/h3-4,6H2,1-2H3. The molecule has 0 atom stereocenters. The summed E-state index contributed by atoms with van der Waals surface area (Å²) in [4.78, 5) is 0. The van der Waals surface area contributed by atoms with Gasteiger partial charge in [0.25, 0.3) is 0 Å². The Morgan fingerprint density at radius 2 is 2.33 bits per heavy atom. The lowest BCUT2D eigenvalue weighted by molar-refractivity contribution is 0.215. The molecule has 0 amide bonds. The quantitative estimate of drug-likeness (QED) is 0.369. The zero-order chi connectivity index (χ0) is 4.83. The van der Waals surface area contributed by atoms with E-state index in [0.29, 0.717) is 0 Å². The van der Waals surface area contributed by atoms with E-state index in [-0.39, 0.29) is 9.52 Å². The predicted molar refractivity (Wildman–Crippen MR) is 31.1 cm³/mol. The van der Waals surface area contributed by atoms with Crippen LogP contribution in [0.4, 0.5) is 0 Å². The van der Waals surface area contributed by atoms with E-state index in [0.717, 1.165) is 6.61 Å². The molecule has 0 aromatic carbocycles. The van der Waals surface area contributed by atoms with Crippen molar-refractivity contribution in [2.24, 2.45) is 0 Å². The van der Waals surface area contributed by atoms with E-state index in [1.165, 1.54) is 6.04 Å². The minimum absolute atomic E-state index is 0.278. The lowest BCUT2D eigenvalue weighted by Gasteiger charge is -1.88. The second-order valence-corrected chi connectivity index (χ2v) is 3.05. The highest BCUT2D eigenvalue weighted by atomic mass is 28.2. The summed E-state index contributed by atoms with van der Waals surface area (Å²) in [6, 6.07) is 1.33. The molecule has 0 aromatic rings. The third kappa shape index (κ3) is 4.18. The summed E-state index contributed by atoms with van der Waals surface area (Å²) in [7, 11) is 2.03. The molecule has 1 nitrogen and oxygen atoms in total. The Morgan fingerprint density at radius 3 is 2.50 bits per heavy atom. The largest absolute Gasteiger partial charge is 0.385 e. The summed E-state index contributed by atoms with van der Waals surface area (Å²) in [5.41, 5.74) is 0. The van der Waals surface area contributed by atoms with E-state index in [1.54, 1.807) is 7.11 Å². The fourth-order valence-electron chi connectivity index (χ4n) is 0.289. The Labute approximate surface area is 41.5 Å². The molecule has 0 heterocycles. The van der Waals surface area contributed by atoms with Crippen LogP contribution in [-0.4, -0.2) is 23.2 Å². The first-order valence-electron chi connectivity index (χ1n) is 2.40. The van der Waals surface area contributed by atoms with Crippen molar-refractivity contribution in [1.82, 2.24) is 0 Å². The number of ether oxygens (including phenoxy) is 1. The summed E-state index contributed by atoms with van der Waals surface area (Å²) in [6.07, 6.45) is 0. The molecule has 0 N–H and O–H groups in total. The van der Waals surface area contributed by atoms with Crippen LogP contribution >= 0.6 is 0 Å². The molecule has 0 fully saturated rings. The zero-order valence-corrected chi connectivity index (χ0v) is 5.94. The van der Waals surface area contributed by atoms with Gasteiger partial charge in [0.2, 0.25) is 0 Å². The molecule has 0 saturated carbocycles. The number of rotatable bonds is 3. The van der Waals surface area contributed by atoms with Crippen molar-refractivity contribution in [3.05, 3.63) is 0 Å². The van der Waals surface area contributed by atoms with Crippen molar-refractivity contribution in [3.63, 3.8) is 0 Å². The highest BCUT2D eigenvalue weighted by Crippen LogP contribution is 1.75. The van der Waals surface area contributed by atoms with Gasteiger partial charge in [0.1, 0.15) is 0 Å². The van der Waals surface area contributed by atoms with Crippen LogP contribution in [0.2, 0.25) is 12.6 Å². The van der Waals surface area contributed by atoms with Crippen LogP contribution in [0.15, 0.2) is 0 Å². The molecule has 0 bridgehead atoms. The maximum absolute atomic E-state index is 4.82. The number of hydrogen-bond donors (Lipinski definition) is 0. The van der Waals surface area contributed by atoms with Crippen LogP contribution in [0.3, 0.4) is 0 Å². The van der Waals surface area contributed by atoms with E-state index in [9.17, 15) is 0 Å². The second-order valence-electron chi connectivity index (χ2n) is 1.35. The molecule has 38 valence electrons. The first-order chi connectivity index (χ1) is 2.91. The molecule has 0 unspecified atom stereocenters. The van der Waals surface area contributed by atoms with Crippen LogP contribution in [0.25, 0.3) is 0 Å². The molecule has 0 rings (SSSR count). The van der Waals surface area contributed by atoms with Gasteiger partial charge in [-0.2, -0.15) is 0 Å². The van der Waals surface area contributed by atoms with Crippen molar-refractivity contribution in [3.8, 4) is 0 Å². The van der Waals surface area contributed by atoms with Gasteiger partial charge in [-0.05, 0) is 6.04 Å². The van der Waals surface area contributed by atoms with Crippen molar-refractivity contribution in [2.45, 2.75) is 12.6 Å². The van der Waals surface area contributed by atoms with E-state index in [4.69, 9.17) is 4.74 Å². The third-order valence-electron chi connectivity index (χ3n) is 0.702. The maximum atomic E-state index is 4.82. The molecule has 0 aliphatic rings. The van der Waals surface area contributed by atoms with Crippen LogP contribution in [0.1, 0.15) is 0 Å². The van der Waals surface area contributed by atoms with Crippen LogP contribution in [-0.2, 0) is 4.74 Å². The topological polar surface area (TPSA) is 9.23 Å². The van der Waals surface area contributed by atoms with E-state index >= 15 is 0 Å². The van der Waals surface area contributed by atoms with Gasteiger partial charge in [-0.25, -0.2) is 0 Å². The second kappa shape index (κ2) is 5.18. The van der Waals surface area contributed by atoms with Crippen LogP contribution < -0.4 is 0 Å². The van der Waals surface area contributed by atoms with Gasteiger partial charge >= 0.3 is 0 Å². The zero-order valence-electron chi connectivity index (χ0n) is 4.53. The van der Waals surface area contributed by atoms with Crippen LogP contribution in [0.5, 0.6) is 0 Å². The first-order valence-corrected chi connectivity index (χ1v) is 4.82. The van der Waals surface area contributed by atoms with Crippen LogP contribution in [0, 0.1) is 0 Å². The Kier molecular flexibility index (Phi) is 5.33. The third-order valence-corrected chi connectivity index (χ3v) is 1.70. The molecule has 6 heavy (non-hydrogen) atoms. The summed E-state index contributed by atoms with van der Waals surface area (Å²) in [5, 5.41) is 0. The smallest absolute Gasteiger partial charge is 0.0433 e. The van der Waals surface area contributed by atoms with E-state index in [2.05, 4.69) is 6.55 Å². The van der Waals surface area contributed by atoms with Crippen molar-refractivity contribution < 1.29 is 4.74 Å². The fraction of sp³-hybridized carbons (Fsp3) is 1.00. The monoisotopic (exact) mass is 104 g/mol. The summed E-state index contributed by atoms with van der Waals surface area (Å²) in [5.74, 6) is 0. The highest BCUT2D eigenvalue weighted by molar-refractivity contribution is 6.33. The SMILES string of the molecule is COCC[SiH2]C. The summed E-state index contributed by atoms with van der Waals surface area (Å²) >= 11 is 0.